The number of nitrogens with one attached hydrogen (secondary N) is 1. The Morgan fingerprint density at radius 3 is 2.42 bits per heavy atom. The predicted octanol–water partition coefficient (Wildman–Crippen LogP) is 2.72. The Labute approximate surface area is 143 Å². The summed E-state index contributed by atoms with van der Waals surface area (Å²) in [6, 6.07) is 15.3. The largest absolute Gasteiger partial charge is 0.355 e. The number of benzene rings is 2. The van der Waals surface area contributed by atoms with Crippen molar-refractivity contribution in [2.24, 2.45) is 0 Å². The predicted molar refractivity (Wildman–Crippen MR) is 95.5 cm³/mol. The van der Waals surface area contributed by atoms with Crippen molar-refractivity contribution in [3.63, 3.8) is 0 Å². The first-order valence-electron chi connectivity index (χ1n) is 7.86. The van der Waals surface area contributed by atoms with Gasteiger partial charge in [0, 0.05) is 6.54 Å². The zero-order chi connectivity index (χ0) is 17.6. The molecule has 2 aromatic rings. The van der Waals surface area contributed by atoms with E-state index in [9.17, 15) is 13.2 Å². The van der Waals surface area contributed by atoms with E-state index in [0.29, 0.717) is 12.2 Å². The van der Waals surface area contributed by atoms with Crippen LogP contribution in [0.2, 0.25) is 0 Å². The van der Waals surface area contributed by atoms with Crippen molar-refractivity contribution >= 4 is 21.6 Å². The van der Waals surface area contributed by atoms with Crippen molar-refractivity contribution in [2.45, 2.75) is 25.2 Å². The molecule has 0 unspecified atom stereocenters. The van der Waals surface area contributed by atoms with E-state index in [1.165, 1.54) is 12.1 Å². The molecule has 24 heavy (non-hydrogen) atoms. The van der Waals surface area contributed by atoms with Gasteiger partial charge in [-0.25, -0.2) is 8.42 Å². The Kier molecular flexibility index (Phi) is 5.98. The fourth-order valence-electron chi connectivity index (χ4n) is 2.27. The minimum Gasteiger partial charge on any atom is -0.355 e. The van der Waals surface area contributed by atoms with Crippen molar-refractivity contribution in [1.82, 2.24) is 5.32 Å². The van der Waals surface area contributed by atoms with E-state index in [1.807, 2.05) is 19.9 Å². The summed E-state index contributed by atoms with van der Waals surface area (Å²) >= 11 is 0. The van der Waals surface area contributed by atoms with Crippen molar-refractivity contribution < 1.29 is 13.2 Å². The van der Waals surface area contributed by atoms with Gasteiger partial charge in [0.2, 0.25) is 5.91 Å². The highest BCUT2D eigenvalue weighted by Crippen LogP contribution is 2.24. The lowest BCUT2D eigenvalue weighted by atomic mass is 10.2. The van der Waals surface area contributed by atoms with Gasteiger partial charge in [-0.1, -0.05) is 37.3 Å². The first-order chi connectivity index (χ1) is 11.4. The van der Waals surface area contributed by atoms with E-state index in [0.717, 1.165) is 16.3 Å². The molecule has 0 bridgehead atoms. The highest BCUT2D eigenvalue weighted by Gasteiger charge is 2.26. The highest BCUT2D eigenvalue weighted by molar-refractivity contribution is 7.92. The Morgan fingerprint density at radius 2 is 1.79 bits per heavy atom. The van der Waals surface area contributed by atoms with E-state index in [4.69, 9.17) is 0 Å². The average Bonchev–Trinajstić information content (AvgIpc) is 2.58. The quantitative estimate of drug-likeness (QED) is 0.838. The summed E-state index contributed by atoms with van der Waals surface area (Å²) in [5.74, 6) is -0.321. The fraction of sp³-hybridized carbons (Fsp3) is 0.278. The number of aryl methyl sites for hydroxylation is 1. The molecule has 0 aliphatic rings. The second-order valence-corrected chi connectivity index (χ2v) is 7.38. The molecule has 1 amide bonds. The summed E-state index contributed by atoms with van der Waals surface area (Å²) in [5, 5.41) is 2.73. The van der Waals surface area contributed by atoms with Gasteiger partial charge in [-0.05, 0) is 43.2 Å². The van der Waals surface area contributed by atoms with Gasteiger partial charge in [-0.2, -0.15) is 0 Å². The van der Waals surface area contributed by atoms with Gasteiger partial charge < -0.3 is 5.32 Å². The van der Waals surface area contributed by atoms with Gasteiger partial charge in [0.25, 0.3) is 10.0 Å². The lowest BCUT2D eigenvalue weighted by Gasteiger charge is -2.24. The van der Waals surface area contributed by atoms with Crippen LogP contribution in [0.15, 0.2) is 59.5 Å². The Bertz CT molecular complexity index is 789. The molecular weight excluding hydrogens is 324 g/mol. The summed E-state index contributed by atoms with van der Waals surface area (Å²) in [4.78, 5) is 12.3. The molecule has 0 aliphatic carbocycles. The summed E-state index contributed by atoms with van der Waals surface area (Å²) in [6.07, 6.45) is 0.793. The van der Waals surface area contributed by atoms with Crippen molar-refractivity contribution in [3.05, 3.63) is 60.2 Å². The van der Waals surface area contributed by atoms with Crippen molar-refractivity contribution in [2.75, 3.05) is 17.4 Å². The zero-order valence-electron chi connectivity index (χ0n) is 13.9. The molecule has 0 fully saturated rings. The highest BCUT2D eigenvalue weighted by atomic mass is 32.2. The monoisotopic (exact) mass is 346 g/mol. The molecule has 0 atom stereocenters. The molecule has 0 heterocycles. The Balaban J connectivity index is 2.41. The number of anilines is 1. The third-order valence-corrected chi connectivity index (χ3v) is 5.27. The standard InChI is InChI=1S/C18H22N2O3S/c1-3-12-19-18(21)14-20(16-9-7-8-15(2)13-16)24(22,23)17-10-5-4-6-11-17/h4-11,13H,3,12,14H2,1-2H3,(H,19,21). The molecule has 2 rings (SSSR count). The molecule has 1 N–H and O–H groups in total. The molecule has 0 aromatic heterocycles. The van der Waals surface area contributed by atoms with E-state index < -0.39 is 10.0 Å². The van der Waals surface area contributed by atoms with E-state index in [-0.39, 0.29) is 17.3 Å². The molecule has 0 radical (unpaired) electrons. The van der Waals surface area contributed by atoms with Crippen LogP contribution in [0.5, 0.6) is 0 Å². The topological polar surface area (TPSA) is 66.5 Å². The van der Waals surface area contributed by atoms with Gasteiger partial charge in [0.05, 0.1) is 10.6 Å². The SMILES string of the molecule is CCCNC(=O)CN(c1cccc(C)c1)S(=O)(=O)c1ccccc1. The van der Waals surface area contributed by atoms with Crippen LogP contribution in [0.3, 0.4) is 0 Å². The Morgan fingerprint density at radius 1 is 1.08 bits per heavy atom. The van der Waals surface area contributed by atoms with Crippen LogP contribution in [0.25, 0.3) is 0 Å². The van der Waals surface area contributed by atoms with Gasteiger partial charge in [-0.3, -0.25) is 9.10 Å². The summed E-state index contributed by atoms with van der Waals surface area (Å²) in [7, 11) is -3.82. The molecule has 128 valence electrons. The molecule has 5 nitrogen and oxygen atoms in total. The minimum absolute atomic E-state index is 0.162. The maximum atomic E-state index is 13.0. The van der Waals surface area contributed by atoms with Gasteiger partial charge in [-0.15, -0.1) is 0 Å². The number of amides is 1. The van der Waals surface area contributed by atoms with Gasteiger partial charge >= 0.3 is 0 Å². The lowest BCUT2D eigenvalue weighted by molar-refractivity contribution is -0.119. The molecule has 0 aliphatic heterocycles. The summed E-state index contributed by atoms with van der Waals surface area (Å²) < 4.78 is 27.2. The van der Waals surface area contributed by atoms with E-state index in [2.05, 4.69) is 5.32 Å². The van der Waals surface area contributed by atoms with Crippen LogP contribution >= 0.6 is 0 Å². The van der Waals surface area contributed by atoms with Gasteiger partial charge in [0.15, 0.2) is 0 Å². The minimum atomic E-state index is -3.82. The first-order valence-corrected chi connectivity index (χ1v) is 9.30. The zero-order valence-corrected chi connectivity index (χ0v) is 14.7. The smallest absolute Gasteiger partial charge is 0.264 e. The Hall–Kier alpha value is -2.34. The van der Waals surface area contributed by atoms with Crippen LogP contribution < -0.4 is 9.62 Å². The third kappa shape index (κ3) is 4.35. The number of hydrogen-bond donors (Lipinski definition) is 1. The number of nitrogens with zero attached hydrogens (tertiary/aromatic N) is 1. The normalized spacial score (nSPS) is 11.1. The summed E-state index contributed by atoms with van der Waals surface area (Å²) in [6.45, 7) is 4.10. The number of carbonyl (C=O) groups excluding carboxylic acids is 1. The average molecular weight is 346 g/mol. The molecule has 6 heteroatoms. The van der Waals surface area contributed by atoms with Crippen LogP contribution in [0.4, 0.5) is 5.69 Å². The molecular formula is C18H22N2O3S. The first kappa shape index (κ1) is 18.0. The molecule has 0 spiro atoms. The molecule has 0 saturated carbocycles. The maximum absolute atomic E-state index is 13.0. The van der Waals surface area contributed by atoms with Crippen LogP contribution in [0, 0.1) is 6.92 Å². The van der Waals surface area contributed by atoms with Gasteiger partial charge in [0.1, 0.15) is 6.54 Å². The van der Waals surface area contributed by atoms with Crippen molar-refractivity contribution in [1.29, 1.82) is 0 Å². The number of rotatable bonds is 7. The number of sulfonamides is 1. The van der Waals surface area contributed by atoms with Crippen LogP contribution in [-0.2, 0) is 14.8 Å². The molecule has 2 aromatic carbocycles. The number of hydrogen-bond acceptors (Lipinski definition) is 3. The number of carbonyl (C=O) groups is 1. The van der Waals surface area contributed by atoms with Crippen molar-refractivity contribution in [3.8, 4) is 0 Å². The van der Waals surface area contributed by atoms with Crippen LogP contribution in [-0.4, -0.2) is 27.4 Å². The van der Waals surface area contributed by atoms with E-state index in [1.54, 1.807) is 36.4 Å². The molecule has 0 saturated heterocycles. The summed E-state index contributed by atoms with van der Waals surface area (Å²) in [5.41, 5.74) is 1.40. The van der Waals surface area contributed by atoms with E-state index >= 15 is 0 Å². The van der Waals surface area contributed by atoms with Crippen LogP contribution in [0.1, 0.15) is 18.9 Å². The maximum Gasteiger partial charge on any atom is 0.264 e. The lowest BCUT2D eigenvalue weighted by Crippen LogP contribution is -2.41. The third-order valence-electron chi connectivity index (χ3n) is 3.48. The second-order valence-electron chi connectivity index (χ2n) is 5.51. The fourth-order valence-corrected chi connectivity index (χ4v) is 3.70. The second kappa shape index (κ2) is 7.97.